The first-order valence-corrected chi connectivity index (χ1v) is 47.6. The molecule has 656 valence electrons. The van der Waals surface area contributed by atoms with Gasteiger partial charge >= 0.3 is 11.9 Å². The summed E-state index contributed by atoms with van der Waals surface area (Å²) in [6.45, 7) is 9.07. The van der Waals surface area contributed by atoms with Crippen LogP contribution in [0.4, 0.5) is 0 Å². The van der Waals surface area contributed by atoms with Crippen LogP contribution in [-0.2, 0) is 35.2 Å². The molecule has 18 heteroatoms. The second kappa shape index (κ2) is 32.4. The third-order valence-corrected chi connectivity index (χ3v) is 29.6. The number of benzene rings is 17. The number of unbranched alkanes of at least 4 members (excludes halogenated alkanes) is 4. The van der Waals surface area contributed by atoms with E-state index in [1.54, 1.807) is 48.5 Å². The number of hydrogen-bond donors (Lipinski definition) is 0. The molecule has 2 fully saturated rings. The second-order valence-electron chi connectivity index (χ2n) is 37.2. The summed E-state index contributed by atoms with van der Waals surface area (Å²) in [5.41, 5.74) is 7.84. The Labute approximate surface area is 760 Å². The number of ether oxygens (including phenoxy) is 4. The van der Waals surface area contributed by atoms with Gasteiger partial charge in [0.15, 0.2) is 0 Å². The minimum absolute atomic E-state index is 0.0314. The number of carbonyl (C=O) groups excluding carboxylic acids is 10. The summed E-state index contributed by atoms with van der Waals surface area (Å²) in [5.74, 6) is -2.95. The highest BCUT2D eigenvalue weighted by atomic mass is 16.5. The largest absolute Gasteiger partial charge is 0.462 e. The Hall–Kier alpha value is -14.3. The van der Waals surface area contributed by atoms with Crippen LogP contribution in [0.25, 0.3) is 129 Å². The molecule has 132 heavy (non-hydrogen) atoms. The molecule has 0 radical (unpaired) electrons. The smallest absolute Gasteiger partial charge is 0.338 e. The highest BCUT2D eigenvalue weighted by Crippen LogP contribution is 2.56. The summed E-state index contributed by atoms with van der Waals surface area (Å²) < 4.78 is 26.0. The lowest BCUT2D eigenvalue weighted by atomic mass is 9.80. The second-order valence-corrected chi connectivity index (χ2v) is 37.2. The molecule has 0 N–H and O–H groups in total. The first kappa shape index (κ1) is 82.2. The Morgan fingerprint density at radius 2 is 0.583 bits per heavy atom. The number of carbonyl (C=O) groups is 10. The molecule has 8 amide bonds. The van der Waals surface area contributed by atoms with Gasteiger partial charge in [0, 0.05) is 107 Å². The van der Waals surface area contributed by atoms with Gasteiger partial charge in [-0.1, -0.05) is 189 Å². The molecule has 17 aromatic carbocycles. The molecule has 2 aliphatic carbocycles. The third-order valence-electron chi connectivity index (χ3n) is 29.6. The summed E-state index contributed by atoms with van der Waals surface area (Å²) >= 11 is 0. The van der Waals surface area contributed by atoms with Crippen molar-refractivity contribution < 1.29 is 66.9 Å². The van der Waals surface area contributed by atoms with Crippen molar-refractivity contribution in [2.75, 3.05) is 26.3 Å². The maximum atomic E-state index is 15.7. The predicted octanol–water partition coefficient (Wildman–Crippen LogP) is 25.6. The van der Waals surface area contributed by atoms with E-state index in [4.69, 9.17) is 18.9 Å². The van der Waals surface area contributed by atoms with E-state index in [1.165, 1.54) is 41.5 Å². The van der Waals surface area contributed by atoms with E-state index in [2.05, 4.69) is 50.2 Å². The number of imide groups is 4. The van der Waals surface area contributed by atoms with E-state index >= 15 is 28.8 Å². The Bertz CT molecular complexity index is 7520. The Kier molecular flexibility index (Phi) is 20.2. The third kappa shape index (κ3) is 12.6. The number of nitrogens with zero attached hydrogens (tertiary/aromatic N) is 4. The molecule has 23 rings (SSSR count). The van der Waals surface area contributed by atoms with E-state index in [0.717, 1.165) is 155 Å². The zero-order valence-corrected chi connectivity index (χ0v) is 74.4. The first-order chi connectivity index (χ1) is 64.5. The molecule has 2 saturated carbocycles. The molecule has 0 bridgehead atoms. The summed E-state index contributed by atoms with van der Waals surface area (Å²) in [4.78, 5) is 156. The zero-order valence-electron chi connectivity index (χ0n) is 74.4. The molecular weight excluding hydrogens is 1650 g/mol. The molecule has 18 nitrogen and oxygen atoms in total. The number of fused-ring (bicyclic) bond motifs is 6. The molecule has 0 unspecified atom stereocenters. The fraction of sp³-hybridized carbons (Fsp3) is 0.281. The Morgan fingerprint density at radius 3 is 0.939 bits per heavy atom. The number of rotatable bonds is 26. The number of hydrogen-bond acceptors (Lipinski definition) is 14. The van der Waals surface area contributed by atoms with Gasteiger partial charge in [0.1, 0.15) is 23.0 Å². The molecule has 0 atom stereocenters. The summed E-state index contributed by atoms with van der Waals surface area (Å²) in [6, 6.07) is 56.5. The summed E-state index contributed by atoms with van der Waals surface area (Å²) in [5, 5.41) is 18.1. The highest BCUT2D eigenvalue weighted by Gasteiger charge is 2.45. The van der Waals surface area contributed by atoms with Crippen molar-refractivity contribution in [1.29, 1.82) is 0 Å². The van der Waals surface area contributed by atoms with Crippen LogP contribution in [0.3, 0.4) is 0 Å². The van der Waals surface area contributed by atoms with Gasteiger partial charge in [-0.15, -0.1) is 0 Å². The lowest BCUT2D eigenvalue weighted by Gasteiger charge is -2.37. The van der Waals surface area contributed by atoms with Crippen molar-refractivity contribution in [3.05, 3.63) is 260 Å². The predicted molar refractivity (Wildman–Crippen MR) is 516 cm³/mol. The highest BCUT2D eigenvalue weighted by molar-refractivity contribution is 6.45. The molecular formula is C114H96N4O14. The number of aryl methyl sites for hydroxylation is 2. The van der Waals surface area contributed by atoms with Crippen molar-refractivity contribution >= 4 is 188 Å². The van der Waals surface area contributed by atoms with Crippen LogP contribution in [-0.4, -0.2) is 117 Å². The maximum Gasteiger partial charge on any atom is 0.338 e. The van der Waals surface area contributed by atoms with E-state index in [-0.39, 0.29) is 96.4 Å². The van der Waals surface area contributed by atoms with Crippen LogP contribution >= 0.6 is 0 Å². The number of esters is 2. The standard InChI is InChI=1S/C114H96N4O14/c1-5-9-19-63-29-35-69-71-37-45-79-96-80(46-38-72(93(71)96)70-36-30-64(20-10-6-2)91(63)92(69)70)106(120)115(105(79)119)55-53-61-25-31-67(32-26-61)131-89-59-87-98-83(109(123)117(111(87)125)65-21-15-13-16-22-65)50-44-78-102-90(60-88-99-84(49-43-77(104(99)102)101(89)103(78)98)110(124)118(112(88)126)66-23-17-14-18-24-66)132-68-33-27-62(28-34-68)54-56-116-107(121)81-47-39-73-75-41-51-85(113(127)129-57-11-7-3)100-86(114(128)130-58-12-8-4)52-42-76(95(75)100)74-40-48-82(108(116)122)97(81)94(73)74/h25-52,59-60,65-66H,5-24,53-58H2,1-4H3. The van der Waals surface area contributed by atoms with E-state index in [1.807, 2.05) is 111 Å². The minimum Gasteiger partial charge on any atom is -0.462 e. The van der Waals surface area contributed by atoms with E-state index < -0.39 is 35.6 Å². The van der Waals surface area contributed by atoms with Gasteiger partial charge in [-0.25, -0.2) is 9.59 Å². The van der Waals surface area contributed by atoms with Crippen molar-refractivity contribution in [1.82, 2.24) is 19.6 Å². The zero-order chi connectivity index (χ0) is 89.9. The maximum absolute atomic E-state index is 15.7. The molecule has 0 aromatic heterocycles. The molecule has 17 aromatic rings. The number of amides is 8. The molecule has 0 spiro atoms. The van der Waals surface area contributed by atoms with Gasteiger partial charge in [0.05, 0.1) is 35.5 Å². The van der Waals surface area contributed by atoms with Crippen LogP contribution in [0, 0.1) is 0 Å². The lowest BCUT2D eigenvalue weighted by Crippen LogP contribution is -2.48. The van der Waals surface area contributed by atoms with Gasteiger partial charge in [-0.2, -0.15) is 0 Å². The van der Waals surface area contributed by atoms with Crippen molar-refractivity contribution in [2.45, 2.75) is 181 Å². The fourth-order valence-electron chi connectivity index (χ4n) is 23.2. The molecule has 0 saturated heterocycles. The average molecular weight is 1750 g/mol. The van der Waals surface area contributed by atoms with Crippen LogP contribution in [0.15, 0.2) is 182 Å². The van der Waals surface area contributed by atoms with E-state index in [0.29, 0.717) is 160 Å². The van der Waals surface area contributed by atoms with Crippen LogP contribution in [0.1, 0.15) is 269 Å². The summed E-state index contributed by atoms with van der Waals surface area (Å²) in [6.07, 6.45) is 18.2. The monoisotopic (exact) mass is 1740 g/mol. The molecule has 4 heterocycles. The van der Waals surface area contributed by atoms with Crippen LogP contribution in [0.2, 0.25) is 0 Å². The van der Waals surface area contributed by atoms with Gasteiger partial charge in [-0.3, -0.25) is 58.0 Å². The van der Waals surface area contributed by atoms with Gasteiger partial charge < -0.3 is 18.9 Å². The summed E-state index contributed by atoms with van der Waals surface area (Å²) in [7, 11) is 0. The normalized spacial score (nSPS) is 15.7. The van der Waals surface area contributed by atoms with E-state index in [9.17, 15) is 19.2 Å². The van der Waals surface area contributed by atoms with Crippen LogP contribution in [0.5, 0.6) is 23.0 Å². The average Bonchev–Trinajstić information content (AvgIpc) is 0.684. The minimum atomic E-state index is -0.549. The fourth-order valence-corrected chi connectivity index (χ4v) is 23.2. The van der Waals surface area contributed by atoms with Crippen molar-refractivity contribution in [2.24, 2.45) is 0 Å². The van der Waals surface area contributed by atoms with Gasteiger partial charge in [-0.05, 0) is 265 Å². The first-order valence-electron chi connectivity index (χ1n) is 47.6. The van der Waals surface area contributed by atoms with Crippen molar-refractivity contribution in [3.8, 4) is 23.0 Å². The van der Waals surface area contributed by atoms with Gasteiger partial charge in [0.2, 0.25) is 0 Å². The Morgan fingerprint density at radius 1 is 0.280 bits per heavy atom. The Balaban J connectivity index is 0.576. The SMILES string of the molecule is CCCCOC(=O)c1ccc2c3ccc4c5c(ccc(c6ccc(C(=O)OCCCC)c1c26)c53)C(=O)N(CCc1ccc(Oc2cc3c5c(ccc6c7c(Oc8ccc(CCN9C(=O)c%10ccc%11c%12ccc(CCCC)c%13c(CCCC)ccc(c%14ccc(c%10c%11%14)C9=O)c%13%12)cc8)cc8c9c(ccc(c2c56)c97)C(=O)N(C2CCCCC2)C8=O)C(=O)N(C2CCCCC2)C3=O)cc1)C4=O. The van der Waals surface area contributed by atoms with Crippen LogP contribution < -0.4 is 9.47 Å². The van der Waals surface area contributed by atoms with Crippen molar-refractivity contribution in [3.63, 3.8) is 0 Å². The quantitative estimate of drug-likeness (QED) is 0.0162. The molecule has 4 aliphatic heterocycles. The van der Waals surface area contributed by atoms with Gasteiger partial charge in [0.25, 0.3) is 47.3 Å². The topological polar surface area (TPSA) is 221 Å². The lowest BCUT2D eigenvalue weighted by molar-refractivity contribution is 0.0486. The molecule has 6 aliphatic rings.